The lowest BCUT2D eigenvalue weighted by atomic mass is 9.96. The van der Waals surface area contributed by atoms with E-state index in [1.165, 1.54) is 7.11 Å². The highest BCUT2D eigenvalue weighted by Crippen LogP contribution is 2.24. The Hall–Kier alpha value is -2.31. The van der Waals surface area contributed by atoms with Gasteiger partial charge in [0.05, 0.1) is 7.11 Å². The first kappa shape index (κ1) is 22.0. The Labute approximate surface area is 168 Å². The number of likely N-dealkylation sites (tertiary alicyclic amines) is 1. The van der Waals surface area contributed by atoms with Gasteiger partial charge in [-0.2, -0.15) is 0 Å². The summed E-state index contributed by atoms with van der Waals surface area (Å²) >= 11 is 0. The molecule has 1 aromatic rings. The minimum Gasteiger partial charge on any atom is -0.480 e. The van der Waals surface area contributed by atoms with Crippen LogP contribution in [-0.2, 0) is 4.74 Å². The zero-order chi connectivity index (χ0) is 20.9. The standard InChI is InChI=1S/C21H33N3O4/c1-15(2)24(20(26)28-21(3,4)5)14-16-9-8-12-23(13-16)19(25)17-10-7-11-22-18(17)27-6/h7,10-11,15-16H,8-9,12-14H2,1-6H3. The number of carbonyl (C=O) groups is 2. The van der Waals surface area contributed by atoms with Crippen LogP contribution >= 0.6 is 0 Å². The third-order valence-corrected chi connectivity index (χ3v) is 4.71. The number of carbonyl (C=O) groups excluding carboxylic acids is 2. The van der Waals surface area contributed by atoms with Crippen molar-refractivity contribution in [1.29, 1.82) is 0 Å². The van der Waals surface area contributed by atoms with E-state index >= 15 is 0 Å². The van der Waals surface area contributed by atoms with E-state index in [1.54, 1.807) is 23.2 Å². The predicted molar refractivity (Wildman–Crippen MR) is 107 cm³/mol. The smallest absolute Gasteiger partial charge is 0.410 e. The van der Waals surface area contributed by atoms with Crippen LogP contribution in [0.5, 0.6) is 5.88 Å². The van der Waals surface area contributed by atoms with Crippen molar-refractivity contribution in [3.8, 4) is 5.88 Å². The minimum atomic E-state index is -0.532. The average molecular weight is 392 g/mol. The molecule has 1 fully saturated rings. The molecule has 2 rings (SSSR count). The maximum atomic E-state index is 13.0. The first-order valence-corrected chi connectivity index (χ1v) is 9.90. The van der Waals surface area contributed by atoms with Crippen LogP contribution in [-0.4, -0.2) is 65.2 Å². The van der Waals surface area contributed by atoms with E-state index in [2.05, 4.69) is 4.98 Å². The van der Waals surface area contributed by atoms with Crippen LogP contribution in [0.25, 0.3) is 0 Å². The molecule has 2 amide bonds. The molecule has 2 heterocycles. The van der Waals surface area contributed by atoms with Gasteiger partial charge in [0.1, 0.15) is 11.2 Å². The highest BCUT2D eigenvalue weighted by molar-refractivity contribution is 5.96. The summed E-state index contributed by atoms with van der Waals surface area (Å²) in [7, 11) is 1.51. The molecule has 7 heteroatoms. The van der Waals surface area contributed by atoms with Gasteiger partial charge in [0.2, 0.25) is 5.88 Å². The molecule has 0 aliphatic carbocycles. The Morgan fingerprint density at radius 1 is 1.36 bits per heavy atom. The highest BCUT2D eigenvalue weighted by Gasteiger charge is 2.31. The number of hydrogen-bond donors (Lipinski definition) is 0. The van der Waals surface area contributed by atoms with Gasteiger partial charge < -0.3 is 19.3 Å². The number of aromatic nitrogens is 1. The maximum Gasteiger partial charge on any atom is 0.410 e. The van der Waals surface area contributed by atoms with Crippen molar-refractivity contribution < 1.29 is 19.1 Å². The molecule has 1 aliphatic rings. The van der Waals surface area contributed by atoms with Crippen LogP contribution in [0.4, 0.5) is 4.79 Å². The molecule has 1 unspecified atom stereocenters. The molecule has 1 aliphatic heterocycles. The quantitative estimate of drug-likeness (QED) is 0.767. The molecule has 0 aromatic carbocycles. The molecule has 1 saturated heterocycles. The van der Waals surface area contributed by atoms with Crippen LogP contribution in [0, 0.1) is 5.92 Å². The van der Waals surface area contributed by atoms with Gasteiger partial charge in [-0.25, -0.2) is 9.78 Å². The third-order valence-electron chi connectivity index (χ3n) is 4.71. The first-order chi connectivity index (χ1) is 13.1. The van der Waals surface area contributed by atoms with Crippen LogP contribution in [0.2, 0.25) is 0 Å². The molecule has 0 spiro atoms. The van der Waals surface area contributed by atoms with Crippen molar-refractivity contribution in [1.82, 2.24) is 14.8 Å². The minimum absolute atomic E-state index is 0.0272. The number of nitrogens with zero attached hydrogens (tertiary/aromatic N) is 3. The molecule has 7 nitrogen and oxygen atoms in total. The van der Waals surface area contributed by atoms with Crippen LogP contribution in [0.1, 0.15) is 57.8 Å². The van der Waals surface area contributed by atoms with Crippen LogP contribution in [0.15, 0.2) is 18.3 Å². The fourth-order valence-corrected chi connectivity index (χ4v) is 3.38. The molecule has 0 bridgehead atoms. The third kappa shape index (κ3) is 5.84. The Morgan fingerprint density at radius 3 is 2.68 bits per heavy atom. The Kier molecular flexibility index (Phi) is 7.27. The summed E-state index contributed by atoms with van der Waals surface area (Å²) in [6.45, 7) is 11.4. The Morgan fingerprint density at radius 2 is 2.07 bits per heavy atom. The predicted octanol–water partition coefficient (Wildman–Crippen LogP) is 3.59. The summed E-state index contributed by atoms with van der Waals surface area (Å²) in [5.74, 6) is 0.463. The maximum absolute atomic E-state index is 13.0. The fraction of sp³-hybridized carbons (Fsp3) is 0.667. The van der Waals surface area contributed by atoms with E-state index in [0.717, 1.165) is 12.8 Å². The zero-order valence-corrected chi connectivity index (χ0v) is 17.9. The lowest BCUT2D eigenvalue weighted by Crippen LogP contribution is -2.48. The molecule has 1 atom stereocenters. The summed E-state index contributed by atoms with van der Waals surface area (Å²) in [6, 6.07) is 3.50. The second-order valence-electron chi connectivity index (χ2n) is 8.55. The van der Waals surface area contributed by atoms with E-state index in [-0.39, 0.29) is 24.0 Å². The van der Waals surface area contributed by atoms with Crippen molar-refractivity contribution in [2.75, 3.05) is 26.7 Å². The molecule has 156 valence electrons. The number of ether oxygens (including phenoxy) is 2. The van der Waals surface area contributed by atoms with Gasteiger partial charge in [0.15, 0.2) is 0 Å². The number of hydrogen-bond acceptors (Lipinski definition) is 5. The van der Waals surface area contributed by atoms with Crippen LogP contribution in [0.3, 0.4) is 0 Å². The normalized spacial score (nSPS) is 17.4. The lowest BCUT2D eigenvalue weighted by Gasteiger charge is -2.37. The molecule has 1 aromatic heterocycles. The van der Waals surface area contributed by atoms with E-state index in [0.29, 0.717) is 31.1 Å². The van der Waals surface area contributed by atoms with E-state index in [9.17, 15) is 9.59 Å². The summed E-state index contributed by atoms with van der Waals surface area (Å²) in [5, 5.41) is 0. The second kappa shape index (κ2) is 9.26. The fourth-order valence-electron chi connectivity index (χ4n) is 3.38. The van der Waals surface area contributed by atoms with Gasteiger partial charge >= 0.3 is 6.09 Å². The van der Waals surface area contributed by atoms with Crippen molar-refractivity contribution in [3.05, 3.63) is 23.9 Å². The number of methoxy groups -OCH3 is 1. The summed E-state index contributed by atoms with van der Waals surface area (Å²) < 4.78 is 10.8. The van der Waals surface area contributed by atoms with Crippen molar-refractivity contribution >= 4 is 12.0 Å². The average Bonchev–Trinajstić information content (AvgIpc) is 2.64. The van der Waals surface area contributed by atoms with Crippen LogP contribution < -0.4 is 4.74 Å². The summed E-state index contributed by atoms with van der Waals surface area (Å²) in [4.78, 5) is 33.3. The first-order valence-electron chi connectivity index (χ1n) is 9.90. The highest BCUT2D eigenvalue weighted by atomic mass is 16.6. The van der Waals surface area contributed by atoms with Crippen molar-refractivity contribution in [2.24, 2.45) is 5.92 Å². The van der Waals surface area contributed by atoms with Crippen molar-refractivity contribution in [3.63, 3.8) is 0 Å². The number of pyridine rings is 1. The van der Waals surface area contributed by atoms with Gasteiger partial charge in [-0.15, -0.1) is 0 Å². The molecule has 0 N–H and O–H groups in total. The summed E-state index contributed by atoms with van der Waals surface area (Å²) in [6.07, 6.45) is 3.18. The van der Waals surface area contributed by atoms with Gasteiger partial charge in [0.25, 0.3) is 5.91 Å². The van der Waals surface area contributed by atoms with Gasteiger partial charge in [-0.05, 0) is 65.5 Å². The topological polar surface area (TPSA) is 72.0 Å². The van der Waals surface area contributed by atoms with Gasteiger partial charge in [-0.1, -0.05) is 0 Å². The molecule has 0 saturated carbocycles. The van der Waals surface area contributed by atoms with E-state index < -0.39 is 5.60 Å². The molecular weight excluding hydrogens is 358 g/mol. The molecule has 0 radical (unpaired) electrons. The molecular formula is C21H33N3O4. The SMILES string of the molecule is COc1ncccc1C(=O)N1CCCC(CN(C(=O)OC(C)(C)C)C(C)C)C1. The lowest BCUT2D eigenvalue weighted by molar-refractivity contribution is 0.0124. The van der Waals surface area contributed by atoms with E-state index in [1.807, 2.05) is 39.5 Å². The number of amides is 2. The second-order valence-corrected chi connectivity index (χ2v) is 8.55. The zero-order valence-electron chi connectivity index (χ0n) is 17.9. The number of piperidine rings is 1. The largest absolute Gasteiger partial charge is 0.480 e. The van der Waals surface area contributed by atoms with Gasteiger partial charge in [0, 0.05) is 31.9 Å². The number of rotatable bonds is 5. The molecule has 28 heavy (non-hydrogen) atoms. The van der Waals surface area contributed by atoms with Crippen molar-refractivity contribution in [2.45, 2.75) is 59.1 Å². The van der Waals surface area contributed by atoms with Gasteiger partial charge in [-0.3, -0.25) is 4.79 Å². The summed E-state index contributed by atoms with van der Waals surface area (Å²) in [5.41, 5.74) is -0.0613. The Bertz CT molecular complexity index is 684. The van der Waals surface area contributed by atoms with E-state index in [4.69, 9.17) is 9.47 Å². The monoisotopic (exact) mass is 391 g/mol. The Balaban J connectivity index is 2.07.